The maximum absolute atomic E-state index is 9.39. The summed E-state index contributed by atoms with van der Waals surface area (Å²) in [6, 6.07) is 5.90. The average molecular weight is 250 g/mol. The lowest BCUT2D eigenvalue weighted by molar-refractivity contribution is 0.217. The lowest BCUT2D eigenvalue weighted by Crippen LogP contribution is -2.22. The number of methoxy groups -OCH3 is 1. The zero-order valence-corrected chi connectivity index (χ0v) is 11.4. The van der Waals surface area contributed by atoms with Crippen LogP contribution in [0.4, 0.5) is 0 Å². The zero-order chi connectivity index (χ0) is 13.2. The Morgan fingerprint density at radius 2 is 2.00 bits per heavy atom. The van der Waals surface area contributed by atoms with Gasteiger partial charge in [-0.3, -0.25) is 0 Å². The molecule has 0 aliphatic heterocycles. The molecule has 2 rings (SSSR count). The third kappa shape index (κ3) is 2.96. The number of ether oxygens (including phenoxy) is 2. The molecule has 1 aromatic carbocycles. The molecule has 1 fully saturated rings. The Balaban J connectivity index is 2.16. The third-order valence-electron chi connectivity index (χ3n) is 3.51. The second-order valence-electron chi connectivity index (χ2n) is 5.66. The predicted octanol–water partition coefficient (Wildman–Crippen LogP) is 2.75. The summed E-state index contributed by atoms with van der Waals surface area (Å²) < 4.78 is 11.1. The average Bonchev–Trinajstić information content (AvgIpc) is 3.20. The van der Waals surface area contributed by atoms with Gasteiger partial charge in [0, 0.05) is 5.41 Å². The van der Waals surface area contributed by atoms with E-state index in [1.807, 2.05) is 32.0 Å². The molecule has 18 heavy (non-hydrogen) atoms. The Labute approximate surface area is 109 Å². The van der Waals surface area contributed by atoms with Gasteiger partial charge in [0.15, 0.2) is 11.5 Å². The minimum atomic E-state index is -0.262. The molecule has 0 bridgehead atoms. The first kappa shape index (κ1) is 13.2. The SMILES string of the molecule is COc1cc(C(C)(C)CO)ccc1OCC1CC1. The van der Waals surface area contributed by atoms with Gasteiger partial charge in [-0.05, 0) is 36.5 Å². The van der Waals surface area contributed by atoms with E-state index in [0.29, 0.717) is 0 Å². The summed E-state index contributed by atoms with van der Waals surface area (Å²) in [4.78, 5) is 0. The molecule has 0 atom stereocenters. The fourth-order valence-corrected chi connectivity index (χ4v) is 1.79. The van der Waals surface area contributed by atoms with Gasteiger partial charge in [0.05, 0.1) is 20.3 Å². The molecule has 1 N–H and O–H groups in total. The molecule has 3 heteroatoms. The van der Waals surface area contributed by atoms with Crippen LogP contribution in [0.15, 0.2) is 18.2 Å². The van der Waals surface area contributed by atoms with E-state index in [4.69, 9.17) is 9.47 Å². The van der Waals surface area contributed by atoms with Crippen LogP contribution in [-0.4, -0.2) is 25.4 Å². The minimum absolute atomic E-state index is 0.110. The third-order valence-corrected chi connectivity index (χ3v) is 3.51. The number of hydrogen-bond donors (Lipinski definition) is 1. The Hall–Kier alpha value is -1.22. The van der Waals surface area contributed by atoms with E-state index in [2.05, 4.69) is 0 Å². The molecular weight excluding hydrogens is 228 g/mol. The molecule has 100 valence electrons. The van der Waals surface area contributed by atoms with Crippen LogP contribution in [0.3, 0.4) is 0 Å². The first-order chi connectivity index (χ1) is 8.56. The Kier molecular flexibility index (Phi) is 3.81. The fraction of sp³-hybridized carbons (Fsp3) is 0.600. The van der Waals surface area contributed by atoms with Crippen LogP contribution in [0.1, 0.15) is 32.3 Å². The molecule has 0 aromatic heterocycles. The van der Waals surface area contributed by atoms with Crippen LogP contribution in [0.25, 0.3) is 0 Å². The zero-order valence-electron chi connectivity index (χ0n) is 11.4. The molecule has 0 spiro atoms. The molecule has 0 amide bonds. The standard InChI is InChI=1S/C15H22O3/c1-15(2,10-16)12-6-7-13(14(8-12)17-3)18-9-11-4-5-11/h6-8,11,16H,4-5,9-10H2,1-3H3. The molecule has 1 saturated carbocycles. The fourth-order valence-electron chi connectivity index (χ4n) is 1.79. The molecule has 3 nitrogen and oxygen atoms in total. The van der Waals surface area contributed by atoms with Crippen molar-refractivity contribution in [3.05, 3.63) is 23.8 Å². The quantitative estimate of drug-likeness (QED) is 0.843. The molecular formula is C15H22O3. The van der Waals surface area contributed by atoms with Crippen LogP contribution >= 0.6 is 0 Å². The van der Waals surface area contributed by atoms with Crippen LogP contribution in [0.5, 0.6) is 11.5 Å². The number of aliphatic hydroxyl groups is 1. The molecule has 0 radical (unpaired) electrons. The van der Waals surface area contributed by atoms with E-state index in [0.717, 1.165) is 29.6 Å². The highest BCUT2D eigenvalue weighted by molar-refractivity contribution is 5.45. The summed E-state index contributed by atoms with van der Waals surface area (Å²) in [6.45, 7) is 4.90. The van der Waals surface area contributed by atoms with Crippen molar-refractivity contribution < 1.29 is 14.6 Å². The van der Waals surface area contributed by atoms with Crippen LogP contribution in [0.2, 0.25) is 0 Å². The second kappa shape index (κ2) is 5.19. The number of aliphatic hydroxyl groups excluding tert-OH is 1. The topological polar surface area (TPSA) is 38.7 Å². The van der Waals surface area contributed by atoms with E-state index in [9.17, 15) is 5.11 Å². The van der Waals surface area contributed by atoms with Gasteiger partial charge in [0.2, 0.25) is 0 Å². The van der Waals surface area contributed by atoms with Crippen LogP contribution < -0.4 is 9.47 Å². The summed E-state index contributed by atoms with van der Waals surface area (Å²) in [7, 11) is 1.65. The first-order valence-corrected chi connectivity index (χ1v) is 6.49. The van der Waals surface area contributed by atoms with Crippen LogP contribution in [-0.2, 0) is 5.41 Å². The van der Waals surface area contributed by atoms with Gasteiger partial charge in [0.1, 0.15) is 0 Å². The van der Waals surface area contributed by atoms with E-state index >= 15 is 0 Å². The van der Waals surface area contributed by atoms with Crippen molar-refractivity contribution >= 4 is 0 Å². The van der Waals surface area contributed by atoms with Crippen molar-refractivity contribution in [3.63, 3.8) is 0 Å². The van der Waals surface area contributed by atoms with Gasteiger partial charge in [-0.25, -0.2) is 0 Å². The number of hydrogen-bond acceptors (Lipinski definition) is 3. The first-order valence-electron chi connectivity index (χ1n) is 6.49. The Morgan fingerprint density at radius 1 is 1.28 bits per heavy atom. The minimum Gasteiger partial charge on any atom is -0.493 e. The highest BCUT2D eigenvalue weighted by atomic mass is 16.5. The van der Waals surface area contributed by atoms with Gasteiger partial charge in [-0.2, -0.15) is 0 Å². The van der Waals surface area contributed by atoms with E-state index in [1.54, 1.807) is 7.11 Å². The summed E-state index contributed by atoms with van der Waals surface area (Å²) in [5, 5.41) is 9.39. The molecule has 0 unspecified atom stereocenters. The number of rotatable bonds is 6. The van der Waals surface area contributed by atoms with Crippen molar-refractivity contribution in [2.24, 2.45) is 5.92 Å². The Bertz CT molecular complexity index is 408. The molecule has 1 aliphatic carbocycles. The highest BCUT2D eigenvalue weighted by Gasteiger charge is 2.24. The summed E-state index contributed by atoms with van der Waals surface area (Å²) in [6.07, 6.45) is 2.55. The van der Waals surface area contributed by atoms with Crippen molar-refractivity contribution in [2.75, 3.05) is 20.3 Å². The van der Waals surface area contributed by atoms with Crippen molar-refractivity contribution in [1.82, 2.24) is 0 Å². The second-order valence-corrected chi connectivity index (χ2v) is 5.66. The van der Waals surface area contributed by atoms with Crippen molar-refractivity contribution in [1.29, 1.82) is 0 Å². The van der Waals surface area contributed by atoms with Gasteiger partial charge < -0.3 is 14.6 Å². The lowest BCUT2D eigenvalue weighted by Gasteiger charge is -2.23. The van der Waals surface area contributed by atoms with Gasteiger partial charge in [0.25, 0.3) is 0 Å². The maximum Gasteiger partial charge on any atom is 0.161 e. The van der Waals surface area contributed by atoms with Gasteiger partial charge in [-0.15, -0.1) is 0 Å². The molecule has 1 aliphatic rings. The Morgan fingerprint density at radius 3 is 2.56 bits per heavy atom. The molecule has 0 heterocycles. The van der Waals surface area contributed by atoms with Crippen molar-refractivity contribution in [2.45, 2.75) is 32.1 Å². The molecule has 0 saturated heterocycles. The van der Waals surface area contributed by atoms with E-state index < -0.39 is 0 Å². The summed E-state index contributed by atoms with van der Waals surface area (Å²) in [5.74, 6) is 2.26. The highest BCUT2D eigenvalue weighted by Crippen LogP contribution is 2.35. The predicted molar refractivity (Wildman–Crippen MR) is 71.3 cm³/mol. The van der Waals surface area contributed by atoms with Gasteiger partial charge in [-0.1, -0.05) is 19.9 Å². The lowest BCUT2D eigenvalue weighted by atomic mass is 9.85. The van der Waals surface area contributed by atoms with E-state index in [-0.39, 0.29) is 12.0 Å². The summed E-state index contributed by atoms with van der Waals surface area (Å²) >= 11 is 0. The smallest absolute Gasteiger partial charge is 0.161 e. The monoisotopic (exact) mass is 250 g/mol. The van der Waals surface area contributed by atoms with Gasteiger partial charge >= 0.3 is 0 Å². The normalized spacial score (nSPS) is 15.6. The van der Waals surface area contributed by atoms with Crippen LogP contribution in [0, 0.1) is 5.92 Å². The van der Waals surface area contributed by atoms with Crippen molar-refractivity contribution in [3.8, 4) is 11.5 Å². The number of benzene rings is 1. The molecule has 1 aromatic rings. The largest absolute Gasteiger partial charge is 0.493 e. The maximum atomic E-state index is 9.39. The summed E-state index contributed by atoms with van der Waals surface area (Å²) in [5.41, 5.74) is 0.795. The van der Waals surface area contributed by atoms with E-state index in [1.165, 1.54) is 12.8 Å².